The Morgan fingerprint density at radius 3 is 2.65 bits per heavy atom. The fourth-order valence-electron chi connectivity index (χ4n) is 1.57. The first-order chi connectivity index (χ1) is 8.06. The highest BCUT2D eigenvalue weighted by Crippen LogP contribution is 2.29. The monoisotopic (exact) mass is 275 g/mol. The van der Waals surface area contributed by atoms with E-state index in [1.54, 1.807) is 6.07 Å². The van der Waals surface area contributed by atoms with Gasteiger partial charge in [-0.05, 0) is 25.7 Å². The molecule has 0 bridgehead atoms. The number of nitrogens with two attached hydrogens (primary N) is 1. The van der Waals surface area contributed by atoms with Crippen molar-refractivity contribution in [3.63, 3.8) is 0 Å². The van der Waals surface area contributed by atoms with Crippen molar-refractivity contribution in [2.75, 3.05) is 33.7 Å². The predicted octanol–water partition coefficient (Wildman–Crippen LogP) is 2.14. The van der Waals surface area contributed by atoms with E-state index in [2.05, 4.69) is 10.2 Å². The standard InChI is InChI=1S/C12H19Cl2N3/c1-17(2)7-6-16-11(8-15)9-4-3-5-10(13)12(9)14/h3-5,11,16H,6-8,15H2,1-2H3. The molecule has 1 unspecified atom stereocenters. The molecule has 5 heteroatoms. The van der Waals surface area contributed by atoms with Gasteiger partial charge in [0.1, 0.15) is 0 Å². The number of hydrogen-bond acceptors (Lipinski definition) is 3. The third-order valence-electron chi connectivity index (χ3n) is 2.54. The maximum absolute atomic E-state index is 6.17. The number of hydrogen-bond donors (Lipinski definition) is 2. The zero-order chi connectivity index (χ0) is 12.8. The van der Waals surface area contributed by atoms with Gasteiger partial charge in [-0.15, -0.1) is 0 Å². The molecule has 1 rings (SSSR count). The van der Waals surface area contributed by atoms with Crippen LogP contribution < -0.4 is 11.1 Å². The van der Waals surface area contributed by atoms with Gasteiger partial charge in [0.15, 0.2) is 0 Å². The van der Waals surface area contributed by atoms with Gasteiger partial charge in [0, 0.05) is 25.7 Å². The lowest BCUT2D eigenvalue weighted by atomic mass is 10.1. The van der Waals surface area contributed by atoms with E-state index in [0.29, 0.717) is 16.6 Å². The van der Waals surface area contributed by atoms with Crippen LogP contribution in [0.15, 0.2) is 18.2 Å². The van der Waals surface area contributed by atoms with Crippen molar-refractivity contribution in [3.8, 4) is 0 Å². The van der Waals surface area contributed by atoms with Crippen LogP contribution in [0.5, 0.6) is 0 Å². The summed E-state index contributed by atoms with van der Waals surface area (Å²) in [6.07, 6.45) is 0. The highest BCUT2D eigenvalue weighted by Gasteiger charge is 2.14. The Hall–Kier alpha value is -0.320. The maximum atomic E-state index is 6.17. The average molecular weight is 276 g/mol. The number of benzene rings is 1. The van der Waals surface area contributed by atoms with Crippen LogP contribution in [0.4, 0.5) is 0 Å². The van der Waals surface area contributed by atoms with E-state index in [0.717, 1.165) is 18.7 Å². The summed E-state index contributed by atoms with van der Waals surface area (Å²) in [5.74, 6) is 0. The molecule has 1 aromatic rings. The summed E-state index contributed by atoms with van der Waals surface area (Å²) in [5.41, 5.74) is 6.72. The van der Waals surface area contributed by atoms with Crippen LogP contribution in [0.2, 0.25) is 10.0 Å². The van der Waals surface area contributed by atoms with E-state index in [9.17, 15) is 0 Å². The van der Waals surface area contributed by atoms with Crippen molar-refractivity contribution in [1.82, 2.24) is 10.2 Å². The lowest BCUT2D eigenvalue weighted by Crippen LogP contribution is -2.33. The zero-order valence-corrected chi connectivity index (χ0v) is 11.7. The van der Waals surface area contributed by atoms with Crippen LogP contribution in [-0.4, -0.2) is 38.6 Å². The fraction of sp³-hybridized carbons (Fsp3) is 0.500. The number of halogens is 2. The Balaban J connectivity index is 2.69. The summed E-state index contributed by atoms with van der Waals surface area (Å²) in [6.45, 7) is 2.31. The lowest BCUT2D eigenvalue weighted by Gasteiger charge is -2.20. The third-order valence-corrected chi connectivity index (χ3v) is 3.38. The van der Waals surface area contributed by atoms with Gasteiger partial charge < -0.3 is 16.0 Å². The maximum Gasteiger partial charge on any atom is 0.0640 e. The van der Waals surface area contributed by atoms with E-state index < -0.39 is 0 Å². The second kappa shape index (κ2) is 7.19. The van der Waals surface area contributed by atoms with Crippen LogP contribution in [0.25, 0.3) is 0 Å². The minimum Gasteiger partial charge on any atom is -0.329 e. The molecule has 0 aliphatic rings. The molecule has 0 aromatic heterocycles. The summed E-state index contributed by atoms with van der Waals surface area (Å²) in [5, 5.41) is 4.53. The number of nitrogens with zero attached hydrogens (tertiary/aromatic N) is 1. The Labute approximate surface area is 113 Å². The summed E-state index contributed by atoms with van der Waals surface area (Å²) >= 11 is 12.2. The topological polar surface area (TPSA) is 41.3 Å². The third kappa shape index (κ3) is 4.45. The Bertz CT molecular complexity index is 356. The molecule has 0 heterocycles. The molecule has 0 radical (unpaired) electrons. The second-order valence-electron chi connectivity index (χ2n) is 4.19. The summed E-state index contributed by atoms with van der Waals surface area (Å²) in [6, 6.07) is 5.66. The molecule has 3 N–H and O–H groups in total. The summed E-state index contributed by atoms with van der Waals surface area (Å²) < 4.78 is 0. The quantitative estimate of drug-likeness (QED) is 0.836. The molecule has 0 aliphatic carbocycles. The van der Waals surface area contributed by atoms with Crippen LogP contribution in [0.3, 0.4) is 0 Å². The van der Waals surface area contributed by atoms with Crippen molar-refractivity contribution >= 4 is 23.2 Å². The number of nitrogens with one attached hydrogen (secondary N) is 1. The summed E-state index contributed by atoms with van der Waals surface area (Å²) in [7, 11) is 4.07. The Morgan fingerprint density at radius 2 is 2.06 bits per heavy atom. The number of rotatable bonds is 6. The lowest BCUT2D eigenvalue weighted by molar-refractivity contribution is 0.385. The molecule has 0 amide bonds. The molecule has 0 fully saturated rings. The van der Waals surface area contributed by atoms with E-state index in [-0.39, 0.29) is 6.04 Å². The van der Waals surface area contributed by atoms with Gasteiger partial charge in [0.25, 0.3) is 0 Å². The Morgan fingerprint density at radius 1 is 1.35 bits per heavy atom. The molecule has 0 saturated heterocycles. The Kier molecular flexibility index (Phi) is 6.23. The molecule has 17 heavy (non-hydrogen) atoms. The van der Waals surface area contributed by atoms with Crippen LogP contribution >= 0.6 is 23.2 Å². The smallest absolute Gasteiger partial charge is 0.0640 e. The van der Waals surface area contributed by atoms with Gasteiger partial charge in [-0.25, -0.2) is 0 Å². The molecule has 1 aromatic carbocycles. The minimum atomic E-state index is 0.0427. The number of likely N-dealkylation sites (N-methyl/N-ethyl adjacent to an activating group) is 1. The first kappa shape index (κ1) is 14.7. The molecule has 0 aliphatic heterocycles. The SMILES string of the molecule is CN(C)CCNC(CN)c1cccc(Cl)c1Cl. The van der Waals surface area contributed by atoms with Gasteiger partial charge in [0.05, 0.1) is 10.0 Å². The van der Waals surface area contributed by atoms with Crippen LogP contribution in [0, 0.1) is 0 Å². The van der Waals surface area contributed by atoms with Gasteiger partial charge >= 0.3 is 0 Å². The van der Waals surface area contributed by atoms with Crippen LogP contribution in [-0.2, 0) is 0 Å². The molecule has 0 spiro atoms. The highest BCUT2D eigenvalue weighted by molar-refractivity contribution is 6.42. The van der Waals surface area contributed by atoms with Crippen molar-refractivity contribution in [1.29, 1.82) is 0 Å². The fourth-order valence-corrected chi connectivity index (χ4v) is 2.01. The van der Waals surface area contributed by atoms with E-state index >= 15 is 0 Å². The van der Waals surface area contributed by atoms with Crippen molar-refractivity contribution in [2.24, 2.45) is 5.73 Å². The first-order valence-electron chi connectivity index (χ1n) is 5.58. The van der Waals surface area contributed by atoms with Gasteiger partial charge in [-0.1, -0.05) is 35.3 Å². The molecule has 0 saturated carbocycles. The van der Waals surface area contributed by atoms with Crippen LogP contribution in [0.1, 0.15) is 11.6 Å². The normalized spacial score (nSPS) is 13.1. The molecule has 1 atom stereocenters. The molecular formula is C12H19Cl2N3. The molecule has 96 valence electrons. The van der Waals surface area contributed by atoms with Crippen molar-refractivity contribution in [3.05, 3.63) is 33.8 Å². The van der Waals surface area contributed by atoms with E-state index in [1.165, 1.54) is 0 Å². The summed E-state index contributed by atoms with van der Waals surface area (Å²) in [4.78, 5) is 2.11. The van der Waals surface area contributed by atoms with E-state index in [4.69, 9.17) is 28.9 Å². The highest BCUT2D eigenvalue weighted by atomic mass is 35.5. The van der Waals surface area contributed by atoms with Gasteiger partial charge in [-0.2, -0.15) is 0 Å². The molecular weight excluding hydrogens is 257 g/mol. The van der Waals surface area contributed by atoms with Crippen molar-refractivity contribution in [2.45, 2.75) is 6.04 Å². The van der Waals surface area contributed by atoms with Gasteiger partial charge in [0.2, 0.25) is 0 Å². The average Bonchev–Trinajstić information content (AvgIpc) is 2.28. The van der Waals surface area contributed by atoms with Crippen molar-refractivity contribution < 1.29 is 0 Å². The predicted molar refractivity (Wildman–Crippen MR) is 74.8 cm³/mol. The van der Waals surface area contributed by atoms with E-state index in [1.807, 2.05) is 26.2 Å². The second-order valence-corrected chi connectivity index (χ2v) is 4.97. The zero-order valence-electron chi connectivity index (χ0n) is 10.2. The molecule has 3 nitrogen and oxygen atoms in total. The first-order valence-corrected chi connectivity index (χ1v) is 6.34. The van der Waals surface area contributed by atoms with Gasteiger partial charge in [-0.3, -0.25) is 0 Å². The largest absolute Gasteiger partial charge is 0.329 e. The minimum absolute atomic E-state index is 0.0427.